The fourth-order valence-electron chi connectivity index (χ4n) is 1.34. The molecule has 0 radical (unpaired) electrons. The van der Waals surface area contributed by atoms with Gasteiger partial charge in [-0.1, -0.05) is 6.92 Å². The summed E-state index contributed by atoms with van der Waals surface area (Å²) < 4.78 is 0. The molecule has 4 N–H and O–H groups in total. The van der Waals surface area contributed by atoms with Crippen LogP contribution in [0.5, 0.6) is 0 Å². The third-order valence-electron chi connectivity index (χ3n) is 2.47. The Hall–Kier alpha value is -1.43. The molecule has 0 heterocycles. The lowest BCUT2D eigenvalue weighted by atomic mass is 10.0. The normalized spacial score (nSPS) is 13.8. The second-order valence-corrected chi connectivity index (χ2v) is 3.96. The van der Waals surface area contributed by atoms with Crippen LogP contribution >= 0.6 is 0 Å². The van der Waals surface area contributed by atoms with Crippen molar-refractivity contribution < 1.29 is 19.5 Å². The summed E-state index contributed by atoms with van der Waals surface area (Å²) in [6, 6.07) is -1.45. The molecule has 0 aromatic rings. The Morgan fingerprint density at radius 1 is 1.29 bits per heavy atom. The van der Waals surface area contributed by atoms with Crippen molar-refractivity contribution in [3.8, 4) is 0 Å². The van der Waals surface area contributed by atoms with Crippen LogP contribution in [-0.4, -0.2) is 34.8 Å². The van der Waals surface area contributed by atoms with Gasteiger partial charge in [-0.15, -0.1) is 0 Å². The first kappa shape index (κ1) is 15.6. The monoisotopic (exact) mass is 244 g/mol. The number of carbonyl (C=O) groups is 3. The fourth-order valence-corrected chi connectivity index (χ4v) is 1.34. The number of aliphatic carboxylic acids is 1. The third-order valence-corrected chi connectivity index (χ3v) is 2.47. The zero-order valence-electron chi connectivity index (χ0n) is 10.2. The molecule has 0 fully saturated rings. The quantitative estimate of drug-likeness (QED) is 0.559. The molecule has 0 aliphatic heterocycles. The molecule has 1 amide bonds. The second kappa shape index (κ2) is 7.78. The third kappa shape index (κ3) is 6.68. The molecule has 6 heteroatoms. The van der Waals surface area contributed by atoms with Crippen molar-refractivity contribution in [1.82, 2.24) is 5.32 Å². The topological polar surface area (TPSA) is 109 Å². The van der Waals surface area contributed by atoms with E-state index in [4.69, 9.17) is 10.8 Å². The van der Waals surface area contributed by atoms with Gasteiger partial charge in [0.05, 0.1) is 6.04 Å². The highest BCUT2D eigenvalue weighted by Gasteiger charge is 2.17. The number of nitrogens with two attached hydrogens (primary N) is 1. The Balaban J connectivity index is 4.06. The van der Waals surface area contributed by atoms with E-state index in [9.17, 15) is 14.4 Å². The SMILES string of the molecule is CCC(=O)N[C@@H](CCC[C@@H](N)C(=O)O)C(C)=O. The van der Waals surface area contributed by atoms with Gasteiger partial charge < -0.3 is 16.2 Å². The van der Waals surface area contributed by atoms with E-state index >= 15 is 0 Å². The van der Waals surface area contributed by atoms with E-state index in [1.807, 2.05) is 0 Å². The van der Waals surface area contributed by atoms with E-state index in [1.165, 1.54) is 6.92 Å². The first-order valence-electron chi connectivity index (χ1n) is 5.66. The van der Waals surface area contributed by atoms with Crippen LogP contribution in [0.15, 0.2) is 0 Å². The average molecular weight is 244 g/mol. The lowest BCUT2D eigenvalue weighted by molar-refractivity contribution is -0.138. The highest BCUT2D eigenvalue weighted by Crippen LogP contribution is 2.05. The van der Waals surface area contributed by atoms with Crippen molar-refractivity contribution in [1.29, 1.82) is 0 Å². The number of hydrogen-bond acceptors (Lipinski definition) is 4. The van der Waals surface area contributed by atoms with Crippen LogP contribution in [0.4, 0.5) is 0 Å². The van der Waals surface area contributed by atoms with Gasteiger partial charge in [0.15, 0.2) is 5.78 Å². The number of amides is 1. The average Bonchev–Trinajstić information content (AvgIpc) is 2.26. The summed E-state index contributed by atoms with van der Waals surface area (Å²) in [5, 5.41) is 11.2. The molecule has 17 heavy (non-hydrogen) atoms. The largest absolute Gasteiger partial charge is 0.480 e. The standard InChI is InChI=1S/C11H20N2O4/c1-3-10(15)13-9(7(2)14)6-4-5-8(12)11(16)17/h8-9H,3-6,12H2,1-2H3,(H,13,15)(H,16,17)/t8-,9+/m1/s1. The Labute approximate surface area is 101 Å². The molecular weight excluding hydrogens is 224 g/mol. The van der Waals surface area contributed by atoms with Gasteiger partial charge in [-0.2, -0.15) is 0 Å². The molecule has 0 aromatic carbocycles. The summed E-state index contributed by atoms with van der Waals surface area (Å²) in [6.45, 7) is 3.10. The highest BCUT2D eigenvalue weighted by molar-refractivity contribution is 5.87. The maximum Gasteiger partial charge on any atom is 0.320 e. The van der Waals surface area contributed by atoms with Gasteiger partial charge in [0.25, 0.3) is 0 Å². The number of Topliss-reactive ketones (excluding diaryl/α,β-unsaturated/α-hetero) is 1. The van der Waals surface area contributed by atoms with Crippen LogP contribution in [0.25, 0.3) is 0 Å². The molecule has 98 valence electrons. The zero-order valence-corrected chi connectivity index (χ0v) is 10.2. The number of carboxylic acids is 1. The molecule has 0 bridgehead atoms. The van der Waals surface area contributed by atoms with Crippen molar-refractivity contribution in [3.05, 3.63) is 0 Å². The smallest absolute Gasteiger partial charge is 0.320 e. The van der Waals surface area contributed by atoms with Gasteiger partial charge in [0, 0.05) is 6.42 Å². The van der Waals surface area contributed by atoms with Crippen LogP contribution in [0, 0.1) is 0 Å². The van der Waals surface area contributed by atoms with Gasteiger partial charge in [-0.3, -0.25) is 14.4 Å². The van der Waals surface area contributed by atoms with Crippen molar-refractivity contribution in [3.63, 3.8) is 0 Å². The molecular formula is C11H20N2O4. The predicted molar refractivity (Wildman–Crippen MR) is 62.4 cm³/mol. The van der Waals surface area contributed by atoms with E-state index in [0.717, 1.165) is 0 Å². The van der Waals surface area contributed by atoms with Gasteiger partial charge in [-0.25, -0.2) is 0 Å². The summed E-state index contributed by atoms with van der Waals surface area (Å²) in [4.78, 5) is 32.9. The van der Waals surface area contributed by atoms with Crippen molar-refractivity contribution in [2.45, 2.75) is 51.6 Å². The molecule has 0 saturated heterocycles. The first-order valence-corrected chi connectivity index (χ1v) is 5.66. The summed E-state index contributed by atoms with van der Waals surface area (Å²) in [7, 11) is 0. The summed E-state index contributed by atoms with van der Waals surface area (Å²) in [5.41, 5.74) is 5.33. The van der Waals surface area contributed by atoms with Crippen molar-refractivity contribution in [2.75, 3.05) is 0 Å². The number of hydrogen-bond donors (Lipinski definition) is 3. The molecule has 0 aliphatic carbocycles. The molecule has 0 saturated carbocycles. The molecule has 2 atom stereocenters. The van der Waals surface area contributed by atoms with Gasteiger partial charge in [0.1, 0.15) is 6.04 Å². The van der Waals surface area contributed by atoms with Gasteiger partial charge >= 0.3 is 5.97 Å². The van der Waals surface area contributed by atoms with Gasteiger partial charge in [-0.05, 0) is 26.2 Å². The number of carbonyl (C=O) groups excluding carboxylic acids is 2. The molecule has 0 aliphatic rings. The highest BCUT2D eigenvalue weighted by atomic mass is 16.4. The van der Waals surface area contributed by atoms with Crippen LogP contribution in [0.2, 0.25) is 0 Å². The van der Waals surface area contributed by atoms with E-state index in [1.54, 1.807) is 6.92 Å². The van der Waals surface area contributed by atoms with Crippen LogP contribution < -0.4 is 11.1 Å². The minimum absolute atomic E-state index is 0.129. The van der Waals surface area contributed by atoms with E-state index < -0.39 is 18.1 Å². The van der Waals surface area contributed by atoms with E-state index in [0.29, 0.717) is 25.7 Å². The van der Waals surface area contributed by atoms with E-state index in [2.05, 4.69) is 5.32 Å². The number of nitrogens with one attached hydrogen (secondary N) is 1. The predicted octanol–water partition coefficient (Wildman–Crippen LogP) is 0.0524. The number of carboxylic acid groups (broad SMARTS) is 1. The lowest BCUT2D eigenvalue weighted by Crippen LogP contribution is -2.39. The van der Waals surface area contributed by atoms with Crippen LogP contribution in [0.3, 0.4) is 0 Å². The zero-order chi connectivity index (χ0) is 13.4. The lowest BCUT2D eigenvalue weighted by Gasteiger charge is -2.15. The molecule has 0 rings (SSSR count). The van der Waals surface area contributed by atoms with Gasteiger partial charge in [0.2, 0.25) is 5.91 Å². The molecule has 0 spiro atoms. The first-order chi connectivity index (χ1) is 7.88. The van der Waals surface area contributed by atoms with Crippen molar-refractivity contribution >= 4 is 17.7 Å². The fraction of sp³-hybridized carbons (Fsp3) is 0.727. The number of rotatable bonds is 8. The molecule has 6 nitrogen and oxygen atoms in total. The van der Waals surface area contributed by atoms with E-state index in [-0.39, 0.29) is 11.7 Å². The summed E-state index contributed by atoms with van der Waals surface area (Å²) >= 11 is 0. The Kier molecular flexibility index (Phi) is 7.13. The summed E-state index contributed by atoms with van der Waals surface area (Å²) in [5.74, 6) is -1.37. The minimum atomic E-state index is -1.05. The minimum Gasteiger partial charge on any atom is -0.480 e. The number of ketones is 1. The maximum atomic E-state index is 11.2. The Morgan fingerprint density at radius 2 is 1.88 bits per heavy atom. The Morgan fingerprint density at radius 3 is 2.29 bits per heavy atom. The van der Waals surface area contributed by atoms with Crippen LogP contribution in [0.1, 0.15) is 39.5 Å². The van der Waals surface area contributed by atoms with Crippen molar-refractivity contribution in [2.24, 2.45) is 5.73 Å². The second-order valence-electron chi connectivity index (χ2n) is 3.96. The maximum absolute atomic E-state index is 11.2. The van der Waals surface area contributed by atoms with Crippen LogP contribution in [-0.2, 0) is 14.4 Å². The molecule has 0 unspecified atom stereocenters. The Bertz CT molecular complexity index is 291. The summed E-state index contributed by atoms with van der Waals surface area (Å²) in [6.07, 6.45) is 1.52. The molecule has 0 aromatic heterocycles.